The number of rotatable bonds is 6. The molecule has 1 aromatic heterocycles. The molecule has 0 saturated heterocycles. The average Bonchev–Trinajstić information content (AvgIpc) is 2.84. The van der Waals surface area contributed by atoms with Gasteiger partial charge in [0.05, 0.1) is 11.5 Å². The van der Waals surface area contributed by atoms with Crippen molar-refractivity contribution >= 4 is 5.69 Å². The molecule has 19 heavy (non-hydrogen) atoms. The number of aryl methyl sites for hydroxylation is 1. The van der Waals surface area contributed by atoms with E-state index in [1.54, 1.807) is 18.3 Å². The smallest absolute Gasteiger partial charge is 0.274 e. The summed E-state index contributed by atoms with van der Waals surface area (Å²) in [5.41, 5.74) is 0.876. The van der Waals surface area contributed by atoms with Crippen molar-refractivity contribution in [2.45, 2.75) is 32.7 Å². The van der Waals surface area contributed by atoms with E-state index in [9.17, 15) is 10.1 Å². The van der Waals surface area contributed by atoms with Crippen LogP contribution in [0, 0.1) is 10.1 Å². The molecule has 0 spiro atoms. The molecule has 2 aromatic rings. The minimum absolute atomic E-state index is 0.164. The molecule has 100 valence electrons. The topological polar surface area (TPSA) is 61.0 Å². The van der Waals surface area contributed by atoms with E-state index in [0.29, 0.717) is 12.1 Å². The van der Waals surface area contributed by atoms with Crippen LogP contribution in [-0.2, 0) is 13.0 Å². The van der Waals surface area contributed by atoms with Crippen molar-refractivity contribution in [3.8, 4) is 0 Å². The van der Waals surface area contributed by atoms with Gasteiger partial charge in [-0.05, 0) is 6.42 Å². The van der Waals surface area contributed by atoms with Crippen molar-refractivity contribution in [3.63, 3.8) is 0 Å². The second-order valence-electron chi connectivity index (χ2n) is 4.46. The predicted molar refractivity (Wildman–Crippen MR) is 73.0 cm³/mol. The Labute approximate surface area is 112 Å². The summed E-state index contributed by atoms with van der Waals surface area (Å²) in [5, 5.41) is 11.0. The zero-order valence-electron chi connectivity index (χ0n) is 11.0. The summed E-state index contributed by atoms with van der Waals surface area (Å²) in [6.07, 6.45) is 6.72. The summed E-state index contributed by atoms with van der Waals surface area (Å²) in [6.45, 7) is 2.63. The molecule has 1 heterocycles. The molecule has 0 aliphatic carbocycles. The Morgan fingerprint density at radius 1 is 1.37 bits per heavy atom. The Bertz CT molecular complexity index is 563. The van der Waals surface area contributed by atoms with Crippen LogP contribution in [0.4, 0.5) is 5.69 Å². The highest BCUT2D eigenvalue weighted by atomic mass is 16.6. The van der Waals surface area contributed by atoms with Gasteiger partial charge in [0.25, 0.3) is 5.69 Å². The third-order valence-corrected chi connectivity index (χ3v) is 3.08. The van der Waals surface area contributed by atoms with Gasteiger partial charge in [0.15, 0.2) is 0 Å². The minimum atomic E-state index is -0.335. The van der Waals surface area contributed by atoms with Gasteiger partial charge in [-0.3, -0.25) is 10.1 Å². The maximum Gasteiger partial charge on any atom is 0.274 e. The van der Waals surface area contributed by atoms with E-state index in [1.807, 2.05) is 16.8 Å². The van der Waals surface area contributed by atoms with Crippen LogP contribution in [0.25, 0.3) is 0 Å². The standard InChI is InChI=1S/C14H17N3O2/c1-2-3-8-14-15-9-10-16(14)11-12-6-4-5-7-13(12)17(18)19/h4-7,9-10H,2-3,8,11H2,1H3. The van der Waals surface area contributed by atoms with Crippen molar-refractivity contribution in [3.05, 3.63) is 58.2 Å². The first-order chi connectivity index (χ1) is 9.22. The van der Waals surface area contributed by atoms with Gasteiger partial charge in [0.1, 0.15) is 5.82 Å². The maximum atomic E-state index is 11.0. The molecule has 0 bridgehead atoms. The molecular formula is C14H17N3O2. The number of para-hydroxylation sites is 1. The van der Waals surface area contributed by atoms with E-state index >= 15 is 0 Å². The van der Waals surface area contributed by atoms with Gasteiger partial charge in [-0.25, -0.2) is 4.98 Å². The van der Waals surface area contributed by atoms with Crippen LogP contribution in [0.15, 0.2) is 36.7 Å². The summed E-state index contributed by atoms with van der Waals surface area (Å²) >= 11 is 0. The predicted octanol–water partition coefficient (Wildman–Crippen LogP) is 3.18. The zero-order valence-corrected chi connectivity index (χ0v) is 11.0. The summed E-state index contributed by atoms with van der Waals surface area (Å²) in [7, 11) is 0. The first-order valence-electron chi connectivity index (χ1n) is 6.44. The van der Waals surface area contributed by atoms with Gasteiger partial charge in [-0.15, -0.1) is 0 Å². The van der Waals surface area contributed by atoms with Gasteiger partial charge < -0.3 is 4.57 Å². The number of nitro groups is 1. The molecule has 1 aromatic carbocycles. The number of hydrogen-bond donors (Lipinski definition) is 0. The third kappa shape index (κ3) is 3.19. The van der Waals surface area contributed by atoms with Gasteiger partial charge in [0.2, 0.25) is 0 Å². The van der Waals surface area contributed by atoms with Crippen molar-refractivity contribution in [1.29, 1.82) is 0 Å². The highest BCUT2D eigenvalue weighted by Crippen LogP contribution is 2.19. The van der Waals surface area contributed by atoms with Crippen LogP contribution in [0.1, 0.15) is 31.2 Å². The molecule has 2 rings (SSSR count). The number of nitrogens with zero attached hydrogens (tertiary/aromatic N) is 3. The second-order valence-corrected chi connectivity index (χ2v) is 4.46. The lowest BCUT2D eigenvalue weighted by molar-refractivity contribution is -0.385. The van der Waals surface area contributed by atoms with Gasteiger partial charge >= 0.3 is 0 Å². The Balaban J connectivity index is 2.22. The quantitative estimate of drug-likeness (QED) is 0.591. The summed E-state index contributed by atoms with van der Waals surface area (Å²) < 4.78 is 1.98. The van der Waals surface area contributed by atoms with Crippen molar-refractivity contribution in [2.75, 3.05) is 0 Å². The molecule has 5 nitrogen and oxygen atoms in total. The third-order valence-electron chi connectivity index (χ3n) is 3.08. The highest BCUT2D eigenvalue weighted by Gasteiger charge is 2.13. The summed E-state index contributed by atoms with van der Waals surface area (Å²) in [5.74, 6) is 0.986. The first kappa shape index (κ1) is 13.3. The molecule has 0 amide bonds. The molecule has 0 aliphatic heterocycles. The molecule has 0 saturated carbocycles. The van der Waals surface area contributed by atoms with E-state index in [4.69, 9.17) is 0 Å². The van der Waals surface area contributed by atoms with Gasteiger partial charge in [-0.1, -0.05) is 31.5 Å². The van der Waals surface area contributed by atoms with E-state index in [-0.39, 0.29) is 10.6 Å². The van der Waals surface area contributed by atoms with Crippen molar-refractivity contribution in [1.82, 2.24) is 9.55 Å². The van der Waals surface area contributed by atoms with Gasteiger partial charge in [-0.2, -0.15) is 0 Å². The summed E-state index contributed by atoms with van der Waals surface area (Å²) in [6, 6.07) is 6.85. The number of unbranched alkanes of at least 4 members (excludes halogenated alkanes) is 1. The number of benzene rings is 1. The van der Waals surface area contributed by atoms with E-state index in [1.165, 1.54) is 6.07 Å². The van der Waals surface area contributed by atoms with E-state index < -0.39 is 0 Å². The van der Waals surface area contributed by atoms with Gasteiger partial charge in [0, 0.05) is 30.4 Å². The van der Waals surface area contributed by atoms with Crippen LogP contribution >= 0.6 is 0 Å². The van der Waals surface area contributed by atoms with E-state index in [0.717, 1.165) is 25.1 Å². The molecular weight excluding hydrogens is 242 g/mol. The number of imidazole rings is 1. The Kier molecular flexibility index (Phi) is 4.28. The fourth-order valence-electron chi connectivity index (χ4n) is 2.05. The molecule has 5 heteroatoms. The van der Waals surface area contributed by atoms with Crippen LogP contribution in [0.3, 0.4) is 0 Å². The number of nitro benzene ring substituents is 1. The fourth-order valence-corrected chi connectivity index (χ4v) is 2.05. The lowest BCUT2D eigenvalue weighted by atomic mass is 10.1. The first-order valence-corrected chi connectivity index (χ1v) is 6.44. The monoisotopic (exact) mass is 259 g/mol. The van der Waals surface area contributed by atoms with Crippen LogP contribution < -0.4 is 0 Å². The molecule has 0 atom stereocenters. The fraction of sp³-hybridized carbons (Fsp3) is 0.357. The number of hydrogen-bond acceptors (Lipinski definition) is 3. The SMILES string of the molecule is CCCCc1nccn1Cc1ccccc1[N+](=O)[O-]. The number of aromatic nitrogens is 2. The maximum absolute atomic E-state index is 11.0. The highest BCUT2D eigenvalue weighted by molar-refractivity contribution is 5.40. The Morgan fingerprint density at radius 3 is 2.89 bits per heavy atom. The lowest BCUT2D eigenvalue weighted by Gasteiger charge is -2.08. The minimum Gasteiger partial charge on any atom is -0.330 e. The molecule has 0 fully saturated rings. The second kappa shape index (κ2) is 6.13. The Morgan fingerprint density at radius 2 is 2.16 bits per heavy atom. The zero-order chi connectivity index (χ0) is 13.7. The van der Waals surface area contributed by atoms with Crippen LogP contribution in [0.5, 0.6) is 0 Å². The van der Waals surface area contributed by atoms with Crippen molar-refractivity contribution < 1.29 is 4.92 Å². The molecule has 0 aliphatic rings. The Hall–Kier alpha value is -2.17. The molecule has 0 N–H and O–H groups in total. The lowest BCUT2D eigenvalue weighted by Crippen LogP contribution is -2.06. The van der Waals surface area contributed by atoms with Crippen LogP contribution in [-0.4, -0.2) is 14.5 Å². The molecule has 0 unspecified atom stereocenters. The largest absolute Gasteiger partial charge is 0.330 e. The summed E-state index contributed by atoms with van der Waals surface area (Å²) in [4.78, 5) is 15.0. The van der Waals surface area contributed by atoms with Crippen molar-refractivity contribution in [2.24, 2.45) is 0 Å². The normalized spacial score (nSPS) is 10.6. The average molecular weight is 259 g/mol. The van der Waals surface area contributed by atoms with E-state index in [2.05, 4.69) is 11.9 Å². The van der Waals surface area contributed by atoms with Crippen LogP contribution in [0.2, 0.25) is 0 Å². The molecule has 0 radical (unpaired) electrons.